The number of carbonyl (C=O) groups is 2. The zero-order chi connectivity index (χ0) is 15.1. The van der Waals surface area contributed by atoms with Crippen LogP contribution in [0.1, 0.15) is 5.56 Å². The van der Waals surface area contributed by atoms with E-state index in [0.717, 1.165) is 17.3 Å². The predicted molar refractivity (Wildman–Crippen MR) is 80.5 cm³/mol. The quantitative estimate of drug-likeness (QED) is 0.801. The van der Waals surface area contributed by atoms with Gasteiger partial charge in [-0.1, -0.05) is 42.1 Å². The van der Waals surface area contributed by atoms with Crippen molar-refractivity contribution in [3.63, 3.8) is 0 Å². The van der Waals surface area contributed by atoms with E-state index in [0.29, 0.717) is 5.03 Å². The van der Waals surface area contributed by atoms with Crippen molar-refractivity contribution in [2.75, 3.05) is 11.5 Å². The fourth-order valence-electron chi connectivity index (χ4n) is 1.60. The number of carbonyl (C=O) groups excluding carboxylic acids is 2. The molecular formula is C14H14N4O2S. The number of amides is 2. The molecular weight excluding hydrogens is 288 g/mol. The lowest BCUT2D eigenvalue weighted by atomic mass is 10.1. The number of benzene rings is 1. The van der Waals surface area contributed by atoms with Crippen molar-refractivity contribution < 1.29 is 9.59 Å². The average Bonchev–Trinajstić information content (AvgIpc) is 2.47. The van der Waals surface area contributed by atoms with E-state index >= 15 is 0 Å². The molecule has 1 aromatic heterocycles. The van der Waals surface area contributed by atoms with Gasteiger partial charge in [0, 0.05) is 12.4 Å². The van der Waals surface area contributed by atoms with Crippen molar-refractivity contribution >= 4 is 29.4 Å². The standard InChI is InChI=1S/C14H14N4O2S/c15-13-14(17-7-6-16-13)21-9-12(20)18-11(19)8-10-4-2-1-3-5-10/h1-7H,8-9H2,(H2,15,16)(H,18,19,20). The molecule has 2 amide bonds. The Bertz CT molecular complexity index is 634. The molecule has 0 spiro atoms. The summed E-state index contributed by atoms with van der Waals surface area (Å²) in [5, 5.41) is 2.81. The summed E-state index contributed by atoms with van der Waals surface area (Å²) < 4.78 is 0. The molecule has 0 saturated heterocycles. The normalized spacial score (nSPS) is 10.1. The fourth-order valence-corrected chi connectivity index (χ4v) is 2.27. The van der Waals surface area contributed by atoms with Crippen LogP contribution in [0.4, 0.5) is 5.82 Å². The van der Waals surface area contributed by atoms with E-state index in [9.17, 15) is 9.59 Å². The summed E-state index contributed by atoms with van der Waals surface area (Å²) in [6, 6.07) is 9.22. The minimum Gasteiger partial charge on any atom is -0.381 e. The molecule has 0 radical (unpaired) electrons. The molecule has 0 bridgehead atoms. The van der Waals surface area contributed by atoms with Gasteiger partial charge in [-0.2, -0.15) is 0 Å². The summed E-state index contributed by atoms with van der Waals surface area (Å²) in [4.78, 5) is 31.3. The Morgan fingerprint density at radius 3 is 2.52 bits per heavy atom. The molecule has 108 valence electrons. The van der Waals surface area contributed by atoms with Gasteiger partial charge in [-0.3, -0.25) is 14.9 Å². The Balaban J connectivity index is 1.79. The van der Waals surface area contributed by atoms with Crippen LogP contribution in [0.25, 0.3) is 0 Å². The number of thioether (sulfide) groups is 1. The first-order chi connectivity index (χ1) is 10.1. The van der Waals surface area contributed by atoms with Crippen LogP contribution in [0.2, 0.25) is 0 Å². The third-order valence-electron chi connectivity index (χ3n) is 2.52. The number of hydrogen-bond donors (Lipinski definition) is 2. The van der Waals surface area contributed by atoms with Crippen LogP contribution in [-0.2, 0) is 16.0 Å². The molecule has 2 rings (SSSR count). The highest BCUT2D eigenvalue weighted by Gasteiger charge is 2.10. The Kier molecular flexibility index (Phi) is 5.28. The van der Waals surface area contributed by atoms with Crippen LogP contribution in [0, 0.1) is 0 Å². The maximum Gasteiger partial charge on any atom is 0.236 e. The van der Waals surface area contributed by atoms with Gasteiger partial charge in [-0.05, 0) is 5.56 Å². The van der Waals surface area contributed by atoms with Crippen molar-refractivity contribution in [3.8, 4) is 0 Å². The maximum absolute atomic E-state index is 11.7. The monoisotopic (exact) mass is 302 g/mol. The summed E-state index contributed by atoms with van der Waals surface area (Å²) in [5.74, 6) is -0.389. The second kappa shape index (κ2) is 7.39. The average molecular weight is 302 g/mol. The molecule has 6 nitrogen and oxygen atoms in total. The Morgan fingerprint density at radius 2 is 1.81 bits per heavy atom. The number of nitrogens with two attached hydrogens (primary N) is 1. The Morgan fingerprint density at radius 1 is 1.10 bits per heavy atom. The number of aromatic nitrogens is 2. The topological polar surface area (TPSA) is 98.0 Å². The van der Waals surface area contributed by atoms with Crippen molar-refractivity contribution in [2.24, 2.45) is 0 Å². The smallest absolute Gasteiger partial charge is 0.236 e. The summed E-state index contributed by atoms with van der Waals surface area (Å²) in [6.45, 7) is 0. The number of hydrogen-bond acceptors (Lipinski definition) is 6. The van der Waals surface area contributed by atoms with Crippen LogP contribution in [0.15, 0.2) is 47.8 Å². The predicted octanol–water partition coefficient (Wildman–Crippen LogP) is 1.04. The van der Waals surface area contributed by atoms with E-state index in [4.69, 9.17) is 5.73 Å². The summed E-state index contributed by atoms with van der Waals surface area (Å²) in [7, 11) is 0. The maximum atomic E-state index is 11.7. The largest absolute Gasteiger partial charge is 0.381 e. The summed E-state index contributed by atoms with van der Waals surface area (Å²) in [5.41, 5.74) is 6.47. The van der Waals surface area contributed by atoms with Gasteiger partial charge in [0.25, 0.3) is 0 Å². The van der Waals surface area contributed by atoms with E-state index in [1.807, 2.05) is 30.3 Å². The third-order valence-corrected chi connectivity index (χ3v) is 3.51. The Labute approximate surface area is 126 Å². The first-order valence-electron chi connectivity index (χ1n) is 6.21. The zero-order valence-corrected chi connectivity index (χ0v) is 12.0. The van der Waals surface area contributed by atoms with Crippen LogP contribution in [0.3, 0.4) is 0 Å². The fraction of sp³-hybridized carbons (Fsp3) is 0.143. The van der Waals surface area contributed by atoms with Crippen molar-refractivity contribution in [3.05, 3.63) is 48.3 Å². The molecule has 0 fully saturated rings. The number of rotatable bonds is 5. The lowest BCUT2D eigenvalue weighted by Crippen LogP contribution is -2.33. The molecule has 3 N–H and O–H groups in total. The van der Waals surface area contributed by atoms with Gasteiger partial charge < -0.3 is 5.73 Å². The van der Waals surface area contributed by atoms with Crippen molar-refractivity contribution in [1.82, 2.24) is 15.3 Å². The van der Waals surface area contributed by atoms with Crippen molar-refractivity contribution in [2.45, 2.75) is 11.4 Å². The molecule has 7 heteroatoms. The number of nitrogens with one attached hydrogen (secondary N) is 1. The first-order valence-corrected chi connectivity index (χ1v) is 7.19. The van der Waals surface area contributed by atoms with E-state index in [1.165, 1.54) is 12.4 Å². The zero-order valence-electron chi connectivity index (χ0n) is 11.2. The molecule has 2 aromatic rings. The molecule has 0 aliphatic heterocycles. The van der Waals surface area contributed by atoms with Gasteiger partial charge in [0.05, 0.1) is 12.2 Å². The molecule has 21 heavy (non-hydrogen) atoms. The SMILES string of the molecule is Nc1nccnc1SCC(=O)NC(=O)Cc1ccccc1. The number of anilines is 1. The highest BCUT2D eigenvalue weighted by Crippen LogP contribution is 2.18. The summed E-state index contributed by atoms with van der Waals surface area (Å²) >= 11 is 1.14. The third kappa shape index (κ3) is 4.88. The van der Waals surface area contributed by atoms with Gasteiger partial charge in [0.15, 0.2) is 5.82 Å². The molecule has 1 heterocycles. The molecule has 1 aromatic carbocycles. The van der Waals surface area contributed by atoms with E-state index in [2.05, 4.69) is 15.3 Å². The van der Waals surface area contributed by atoms with Crippen LogP contribution in [-0.4, -0.2) is 27.5 Å². The van der Waals surface area contributed by atoms with Crippen LogP contribution < -0.4 is 11.1 Å². The van der Waals surface area contributed by atoms with Gasteiger partial charge in [0.2, 0.25) is 11.8 Å². The minimum absolute atomic E-state index is 0.0590. The lowest BCUT2D eigenvalue weighted by Gasteiger charge is -2.05. The highest BCUT2D eigenvalue weighted by atomic mass is 32.2. The van der Waals surface area contributed by atoms with Gasteiger partial charge >= 0.3 is 0 Å². The van der Waals surface area contributed by atoms with E-state index in [1.54, 1.807) is 0 Å². The second-order valence-corrected chi connectivity index (χ2v) is 5.13. The van der Waals surface area contributed by atoms with Gasteiger partial charge in [-0.15, -0.1) is 0 Å². The van der Waals surface area contributed by atoms with Crippen LogP contribution >= 0.6 is 11.8 Å². The number of nitrogens with zero attached hydrogens (tertiary/aromatic N) is 2. The molecule has 0 saturated carbocycles. The molecule has 0 aliphatic carbocycles. The Hall–Kier alpha value is -2.41. The number of nitrogen functional groups attached to an aromatic ring is 1. The lowest BCUT2D eigenvalue weighted by molar-refractivity contribution is -0.128. The minimum atomic E-state index is -0.383. The van der Waals surface area contributed by atoms with E-state index < -0.39 is 0 Å². The highest BCUT2D eigenvalue weighted by molar-refractivity contribution is 8.00. The molecule has 0 aliphatic rings. The van der Waals surface area contributed by atoms with Crippen LogP contribution in [0.5, 0.6) is 0 Å². The summed E-state index contributed by atoms with van der Waals surface area (Å²) in [6.07, 6.45) is 3.14. The second-order valence-electron chi connectivity index (χ2n) is 4.17. The van der Waals surface area contributed by atoms with Gasteiger partial charge in [0.1, 0.15) is 5.03 Å². The number of imide groups is 1. The molecule has 0 atom stereocenters. The first kappa shape index (κ1) is 15.0. The van der Waals surface area contributed by atoms with Crippen molar-refractivity contribution in [1.29, 1.82) is 0 Å². The van der Waals surface area contributed by atoms with E-state index in [-0.39, 0.29) is 29.8 Å². The molecule has 0 unspecified atom stereocenters. The van der Waals surface area contributed by atoms with Gasteiger partial charge in [-0.25, -0.2) is 9.97 Å².